The fourth-order valence-electron chi connectivity index (χ4n) is 8.68. The first-order valence-electron chi connectivity index (χ1n) is 26.8. The largest absolute Gasteiger partial charge is 0.409 e. The van der Waals surface area contributed by atoms with Crippen molar-refractivity contribution in [2.24, 2.45) is 19.7 Å². The van der Waals surface area contributed by atoms with Crippen molar-refractivity contribution in [3.8, 4) is 0 Å². The van der Waals surface area contributed by atoms with Crippen molar-refractivity contribution in [2.45, 2.75) is 104 Å². The van der Waals surface area contributed by atoms with Gasteiger partial charge >= 0.3 is 22.5 Å². The summed E-state index contributed by atoms with van der Waals surface area (Å²) in [5.41, 5.74) is 12.1. The molecule has 9 aromatic rings. The molecule has 0 spiro atoms. The number of nitrogens with two attached hydrogens (primary N) is 1. The lowest BCUT2D eigenvalue weighted by molar-refractivity contribution is 0.305. The van der Waals surface area contributed by atoms with Gasteiger partial charge in [-0.1, -0.05) is 129 Å². The van der Waals surface area contributed by atoms with Crippen LogP contribution in [0, 0.1) is 0 Å². The zero-order chi connectivity index (χ0) is 61.2. The molecule has 20 nitrogen and oxygen atoms in total. The maximum Gasteiger partial charge on any atom is 0.309 e. The summed E-state index contributed by atoms with van der Waals surface area (Å²) >= 11 is 4.45. The number of nitrogens with one attached hydrogen (secondary N) is 2. The molecule has 6 aromatic carbocycles. The molecule has 2 aliphatic rings. The minimum Gasteiger partial charge on any atom is -0.409 e. The lowest BCUT2D eigenvalue weighted by Gasteiger charge is -2.23. The number of fused-ring (bicyclic) bond motifs is 3. The van der Waals surface area contributed by atoms with Gasteiger partial charge in [0.05, 0.1) is 19.2 Å². The van der Waals surface area contributed by atoms with Crippen LogP contribution in [0.4, 0.5) is 15.0 Å². The number of hydroxylamine groups is 2. The van der Waals surface area contributed by atoms with Crippen molar-refractivity contribution < 1.29 is 47.4 Å². The second-order valence-corrected chi connectivity index (χ2v) is 30.1. The molecule has 484 valence electrons. The van der Waals surface area contributed by atoms with Gasteiger partial charge in [-0.25, -0.2) is 44.6 Å². The molecular weight excluding hydrogens is 1370 g/mol. The molecule has 5 heterocycles. The third-order valence-electron chi connectivity index (χ3n) is 13.2. The monoisotopic (exact) mass is 1440 g/mol. The van der Waals surface area contributed by atoms with Crippen LogP contribution in [-0.2, 0) is 61.2 Å². The first-order valence-corrected chi connectivity index (χ1v) is 36.4. The Labute approximate surface area is 554 Å². The molecule has 3 aromatic heterocycles. The molecule has 90 heavy (non-hydrogen) atoms. The summed E-state index contributed by atoms with van der Waals surface area (Å²) in [6.07, 6.45) is 4.90. The van der Waals surface area contributed by atoms with Gasteiger partial charge in [0.25, 0.3) is 30.1 Å². The highest BCUT2D eigenvalue weighted by Crippen LogP contribution is 2.44. The zero-order valence-corrected chi connectivity index (χ0v) is 54.4. The summed E-state index contributed by atoms with van der Waals surface area (Å²) < 4.78 is 128. The Balaban J connectivity index is 0.000000240. The van der Waals surface area contributed by atoms with E-state index in [0.29, 0.717) is 63.0 Å². The molecule has 0 fully saturated rings. The summed E-state index contributed by atoms with van der Waals surface area (Å²) in [7, 11) is -11.2. The Morgan fingerprint density at radius 2 is 0.911 bits per heavy atom. The Morgan fingerprint density at radius 3 is 1.28 bits per heavy atom. The number of unbranched alkanes of at least 4 members (excludes halogenated alkanes) is 3. The standard InChI is InChI=1S/C19H18BrN3O4S3.C19H19N3O4S3.C19H21N3O3S2.4CH4/c1-2-3-12-23(19-17(20)15-6-4-5-7-16(15)28-19)30(25,26)14-10-8-13(9-11-14)18-21-27-29(24)22-18;1-2-3-12-22(18-13-15-6-4-5-7-17(15)27-18)29(24,25)16-10-8-14(9-11-16)19-20-26-28(23)21-19;1-2-3-12-22(18-13-15-6-4-5-7-17(15)26-18)27(24,25)16-10-8-14(9-11-16)19(20)21-23;;;;/h4-11H,2-3,12H2,1H3,(H,21,22);4-11,13H,2-3,12H2,1H3,(H,20,21);4-11,13,23H,2-3,12H2,1H3,(H2,20,21);4*1H4. The van der Waals surface area contributed by atoms with Crippen molar-refractivity contribution in [1.82, 2.24) is 11.0 Å². The SMILES string of the molecule is C.C.C.C.CCCCN(c1cc2ccccc2s1)S(=O)(=O)c1ccc(/C(N)=N/O)cc1.CCCCN(c1cc2ccccc2s1)S(=O)(=O)c1ccc(C2=NS(=O)ON2)cc1.CCCCN(c1sc2ccccc2c1Br)S(=O)(=O)c1ccc(C2=NS(=O)ON2)cc1. The Bertz CT molecular complexity index is 4310. The van der Waals surface area contributed by atoms with Gasteiger partial charge < -0.3 is 10.9 Å². The summed E-state index contributed by atoms with van der Waals surface area (Å²) in [6.45, 7) is 7.30. The molecule has 0 bridgehead atoms. The topological polar surface area (TPSA) is 272 Å². The molecule has 2 aliphatic heterocycles. The molecule has 29 heteroatoms. The number of anilines is 3. The van der Waals surface area contributed by atoms with E-state index in [4.69, 9.17) is 10.9 Å². The van der Waals surface area contributed by atoms with Crippen LogP contribution >= 0.6 is 49.9 Å². The summed E-state index contributed by atoms with van der Waals surface area (Å²) in [5, 5.41) is 16.8. The summed E-state index contributed by atoms with van der Waals surface area (Å²) in [4.78, 5) is 0.536. The van der Waals surface area contributed by atoms with E-state index in [1.807, 2.05) is 106 Å². The number of halogens is 1. The van der Waals surface area contributed by atoms with Crippen molar-refractivity contribution in [3.05, 3.63) is 179 Å². The van der Waals surface area contributed by atoms with Crippen molar-refractivity contribution >= 4 is 165 Å². The van der Waals surface area contributed by atoms with E-state index in [1.165, 1.54) is 95.5 Å². The fourth-order valence-corrected chi connectivity index (χ4v) is 19.1. The van der Waals surface area contributed by atoms with E-state index < -0.39 is 52.6 Å². The number of thiophene rings is 3. The van der Waals surface area contributed by atoms with Gasteiger partial charge in [-0.15, -0.1) is 42.8 Å². The minimum atomic E-state index is -3.79. The lowest BCUT2D eigenvalue weighted by atomic mass is 10.2. The molecule has 0 amide bonds. The van der Waals surface area contributed by atoms with Gasteiger partial charge in [0, 0.05) is 55.8 Å². The molecule has 0 aliphatic carbocycles. The van der Waals surface area contributed by atoms with Crippen LogP contribution in [0.25, 0.3) is 30.3 Å². The highest BCUT2D eigenvalue weighted by Gasteiger charge is 2.31. The average Bonchev–Trinajstić information content (AvgIpc) is 1.52. The van der Waals surface area contributed by atoms with Crippen LogP contribution in [0.15, 0.2) is 191 Å². The van der Waals surface area contributed by atoms with E-state index in [2.05, 4.69) is 49.4 Å². The van der Waals surface area contributed by atoms with E-state index in [0.717, 1.165) is 73.3 Å². The number of sulfonamides is 3. The van der Waals surface area contributed by atoms with Crippen LogP contribution in [0.5, 0.6) is 0 Å². The number of benzene rings is 6. The van der Waals surface area contributed by atoms with Crippen LogP contribution in [0.1, 0.15) is 106 Å². The third-order valence-corrected chi connectivity index (χ3v) is 24.7. The van der Waals surface area contributed by atoms with Gasteiger partial charge in [-0.2, -0.15) is 8.57 Å². The minimum absolute atomic E-state index is 0. The summed E-state index contributed by atoms with van der Waals surface area (Å²) in [6, 6.07) is 46.0. The van der Waals surface area contributed by atoms with Crippen molar-refractivity contribution in [3.63, 3.8) is 0 Å². The van der Waals surface area contributed by atoms with Gasteiger partial charge in [-0.3, -0.25) is 12.9 Å². The van der Waals surface area contributed by atoms with Gasteiger partial charge in [-0.05, 0) is 149 Å². The first kappa shape index (κ1) is 74.1. The number of hydrogen-bond donors (Lipinski definition) is 4. The van der Waals surface area contributed by atoms with Crippen LogP contribution < -0.4 is 29.6 Å². The number of hydrogen-bond acceptors (Lipinski definition) is 17. The second kappa shape index (κ2) is 33.1. The summed E-state index contributed by atoms with van der Waals surface area (Å²) in [5.74, 6) is 0.540. The Kier molecular flexibility index (Phi) is 27.2. The predicted octanol–water partition coefficient (Wildman–Crippen LogP) is 14.8. The molecule has 11 rings (SSSR count). The predicted molar refractivity (Wildman–Crippen MR) is 378 cm³/mol. The smallest absolute Gasteiger partial charge is 0.309 e. The van der Waals surface area contributed by atoms with E-state index >= 15 is 0 Å². The number of nitrogens with zero attached hydrogens (tertiary/aromatic N) is 6. The van der Waals surface area contributed by atoms with Crippen molar-refractivity contribution in [1.29, 1.82) is 0 Å². The van der Waals surface area contributed by atoms with Gasteiger partial charge in [0.1, 0.15) is 15.0 Å². The molecule has 0 saturated carbocycles. The molecule has 5 N–H and O–H groups in total. The second-order valence-electron chi connectivity index (χ2n) is 19.0. The third kappa shape index (κ3) is 16.9. The molecule has 0 saturated heterocycles. The van der Waals surface area contributed by atoms with Crippen LogP contribution in [0.2, 0.25) is 0 Å². The maximum absolute atomic E-state index is 13.5. The number of amidine groups is 3. The first-order chi connectivity index (χ1) is 41.4. The maximum atomic E-state index is 13.5. The fraction of sp³-hybridized carbons (Fsp3) is 0.262. The Hall–Kier alpha value is -6.64. The Morgan fingerprint density at radius 1 is 0.544 bits per heavy atom. The van der Waals surface area contributed by atoms with E-state index in [-0.39, 0.29) is 50.2 Å². The van der Waals surface area contributed by atoms with Crippen LogP contribution in [0.3, 0.4) is 0 Å². The number of oxime groups is 1. The van der Waals surface area contributed by atoms with Crippen molar-refractivity contribution in [2.75, 3.05) is 32.5 Å². The van der Waals surface area contributed by atoms with Crippen LogP contribution in [-0.4, -0.2) is 76.0 Å². The highest BCUT2D eigenvalue weighted by molar-refractivity contribution is 9.11. The van der Waals surface area contributed by atoms with E-state index in [9.17, 15) is 33.7 Å². The molecule has 2 unspecified atom stereocenters. The van der Waals surface area contributed by atoms with Gasteiger partial charge in [0.15, 0.2) is 17.5 Å². The molecular formula is C61H74BrN9O11S8. The van der Waals surface area contributed by atoms with Gasteiger partial charge in [0.2, 0.25) is 0 Å². The quantitative estimate of drug-likeness (QED) is 0.0225. The highest BCUT2D eigenvalue weighted by atomic mass is 79.9. The lowest BCUT2D eigenvalue weighted by Crippen LogP contribution is -2.31. The normalized spacial score (nSPS) is 14.6. The van der Waals surface area contributed by atoms with E-state index in [1.54, 1.807) is 24.3 Å². The molecule has 0 radical (unpaired) electrons. The zero-order valence-electron chi connectivity index (χ0n) is 46.3. The number of rotatable bonds is 21. The molecule has 2 atom stereocenters. The average molecular weight is 1450 g/mol.